The van der Waals surface area contributed by atoms with Crippen LogP contribution in [-0.4, -0.2) is 39.9 Å². The molecule has 1 aliphatic carbocycles. The average Bonchev–Trinajstić information content (AvgIpc) is 3.23. The molecule has 1 unspecified atom stereocenters. The molecule has 1 saturated carbocycles. The quantitative estimate of drug-likeness (QED) is 0.270. The monoisotopic (exact) mass is 400 g/mol. The first kappa shape index (κ1) is 23.5. The molecule has 0 spiro atoms. The molecule has 0 aromatic rings. The van der Waals surface area contributed by atoms with Crippen molar-refractivity contribution in [1.29, 1.82) is 0 Å². The van der Waals surface area contributed by atoms with Crippen molar-refractivity contribution >= 4 is 6.29 Å². The lowest BCUT2D eigenvalue weighted by atomic mass is 9.61. The van der Waals surface area contributed by atoms with Crippen LogP contribution in [-0.2, 0) is 9.53 Å². The van der Waals surface area contributed by atoms with E-state index in [1.807, 2.05) is 50.3 Å². The number of carbonyl (C=O) groups is 1. The molecule has 0 aromatic carbocycles. The van der Waals surface area contributed by atoms with Crippen molar-refractivity contribution < 1.29 is 19.7 Å². The largest absolute Gasteiger partial charge is 0.393 e. The fourth-order valence-corrected chi connectivity index (χ4v) is 4.63. The maximum atomic E-state index is 10.8. The summed E-state index contributed by atoms with van der Waals surface area (Å²) in [5.41, 5.74) is 1.72. The van der Waals surface area contributed by atoms with Crippen LogP contribution in [0.25, 0.3) is 0 Å². The van der Waals surface area contributed by atoms with E-state index in [2.05, 4.69) is 20.8 Å². The van der Waals surface area contributed by atoms with Crippen LogP contribution < -0.4 is 0 Å². The minimum atomic E-state index is -0.586. The van der Waals surface area contributed by atoms with Crippen LogP contribution in [0.1, 0.15) is 60.8 Å². The molecule has 4 nitrogen and oxygen atoms in total. The number of fused-ring (bicyclic) bond motifs is 1. The van der Waals surface area contributed by atoms with Gasteiger partial charge in [0.15, 0.2) is 0 Å². The Morgan fingerprint density at radius 3 is 2.24 bits per heavy atom. The fourth-order valence-electron chi connectivity index (χ4n) is 4.63. The third kappa shape index (κ3) is 5.25. The van der Waals surface area contributed by atoms with Gasteiger partial charge in [-0.05, 0) is 50.7 Å². The van der Waals surface area contributed by atoms with Crippen LogP contribution in [0.4, 0.5) is 0 Å². The van der Waals surface area contributed by atoms with Gasteiger partial charge in [0.1, 0.15) is 11.9 Å². The molecule has 0 aromatic heterocycles. The summed E-state index contributed by atoms with van der Waals surface area (Å²) in [7, 11) is 0. The van der Waals surface area contributed by atoms with E-state index in [-0.39, 0.29) is 22.7 Å². The van der Waals surface area contributed by atoms with Crippen molar-refractivity contribution in [3.05, 3.63) is 59.3 Å². The van der Waals surface area contributed by atoms with E-state index in [4.69, 9.17) is 4.74 Å². The highest BCUT2D eigenvalue weighted by Crippen LogP contribution is 2.67. The van der Waals surface area contributed by atoms with E-state index >= 15 is 0 Å². The smallest absolute Gasteiger partial charge is 0.145 e. The zero-order valence-electron chi connectivity index (χ0n) is 18.6. The molecule has 4 heteroatoms. The summed E-state index contributed by atoms with van der Waals surface area (Å²) < 4.78 is 6.17. The van der Waals surface area contributed by atoms with Gasteiger partial charge in [-0.1, -0.05) is 62.0 Å². The molecular formula is C25H36O4. The van der Waals surface area contributed by atoms with Crippen molar-refractivity contribution in [2.75, 3.05) is 0 Å². The van der Waals surface area contributed by atoms with Crippen LogP contribution >= 0.6 is 0 Å². The Labute approximate surface area is 175 Å². The first-order valence-electron chi connectivity index (χ1n) is 10.3. The van der Waals surface area contributed by atoms with Crippen molar-refractivity contribution in [1.82, 2.24) is 0 Å². The zero-order valence-corrected chi connectivity index (χ0v) is 18.6. The minimum absolute atomic E-state index is 0.182. The summed E-state index contributed by atoms with van der Waals surface area (Å²) in [6, 6.07) is 0. The normalized spacial score (nSPS) is 33.8. The molecule has 1 aliphatic heterocycles. The first-order valence-corrected chi connectivity index (χ1v) is 10.3. The Balaban J connectivity index is 1.98. The maximum Gasteiger partial charge on any atom is 0.145 e. The van der Waals surface area contributed by atoms with E-state index in [1.54, 1.807) is 13.0 Å². The summed E-state index contributed by atoms with van der Waals surface area (Å²) in [5, 5.41) is 20.9. The van der Waals surface area contributed by atoms with Gasteiger partial charge in [0.25, 0.3) is 0 Å². The lowest BCUT2D eigenvalue weighted by Gasteiger charge is -2.41. The second-order valence-electron chi connectivity index (χ2n) is 9.42. The number of aldehydes is 1. The van der Waals surface area contributed by atoms with Crippen LogP contribution in [0.2, 0.25) is 0 Å². The van der Waals surface area contributed by atoms with E-state index < -0.39 is 6.10 Å². The summed E-state index contributed by atoms with van der Waals surface area (Å²) in [6.45, 7) is 12.0. The predicted octanol–water partition coefficient (Wildman–Crippen LogP) is 4.60. The third-order valence-corrected chi connectivity index (χ3v) is 6.42. The Morgan fingerprint density at radius 2 is 1.66 bits per heavy atom. The second-order valence-corrected chi connectivity index (χ2v) is 9.42. The fraction of sp³-hybridized carbons (Fsp3) is 0.560. The number of allylic oxidation sites excluding steroid dienone is 9. The predicted molar refractivity (Wildman–Crippen MR) is 117 cm³/mol. The van der Waals surface area contributed by atoms with Gasteiger partial charge in [0, 0.05) is 12.8 Å². The molecule has 29 heavy (non-hydrogen) atoms. The van der Waals surface area contributed by atoms with Gasteiger partial charge in [-0.2, -0.15) is 0 Å². The highest BCUT2D eigenvalue weighted by molar-refractivity contribution is 5.72. The molecule has 4 atom stereocenters. The lowest BCUT2D eigenvalue weighted by Crippen LogP contribution is -2.48. The summed E-state index contributed by atoms with van der Waals surface area (Å²) in [5.74, 6) is 0. The molecule has 2 rings (SSSR count). The average molecular weight is 401 g/mol. The van der Waals surface area contributed by atoms with Gasteiger partial charge in [0.05, 0.1) is 17.8 Å². The van der Waals surface area contributed by atoms with Crippen LogP contribution in [0, 0.1) is 5.41 Å². The standard InChI is InChI=1S/C25H36O4/c1-18(10-7-8-11-19(2)17-26)12-9-13-20(3)22(28)16-25-23(4,5)14-21(27)15-24(25,6)29-25/h7-13,17,21-22,27-28H,14-16H2,1-6H3/b8-7+,12-9+,18-10+,19-11+,20-13+/t21-,22?,24+,25-/m0/s1. The van der Waals surface area contributed by atoms with Gasteiger partial charge < -0.3 is 14.9 Å². The van der Waals surface area contributed by atoms with E-state index in [9.17, 15) is 15.0 Å². The van der Waals surface area contributed by atoms with Gasteiger partial charge >= 0.3 is 0 Å². The molecule has 2 aliphatic rings. The van der Waals surface area contributed by atoms with E-state index in [1.165, 1.54) is 0 Å². The minimum Gasteiger partial charge on any atom is -0.393 e. The van der Waals surface area contributed by atoms with Gasteiger partial charge in [-0.3, -0.25) is 4.79 Å². The SMILES string of the molecule is C\C(C=O)=C/C=C/C=C(C)/C=C/C=C(\C)C(O)C[C@@]12O[C@]1(C)C[C@@H](O)CC2(C)C. The van der Waals surface area contributed by atoms with E-state index in [0.29, 0.717) is 24.8 Å². The number of rotatable bonds is 8. The molecule has 0 radical (unpaired) electrons. The summed E-state index contributed by atoms with van der Waals surface area (Å²) in [6.07, 6.45) is 15.1. The first-order chi connectivity index (χ1) is 13.5. The number of carbonyl (C=O) groups excluding carboxylic acids is 1. The molecule has 2 fully saturated rings. The Morgan fingerprint density at radius 1 is 1.03 bits per heavy atom. The number of hydrogen-bond donors (Lipinski definition) is 2. The summed E-state index contributed by atoms with van der Waals surface area (Å²) >= 11 is 0. The Bertz CT molecular complexity index is 768. The second kappa shape index (κ2) is 8.95. The van der Waals surface area contributed by atoms with Gasteiger partial charge in [0.2, 0.25) is 0 Å². The van der Waals surface area contributed by atoms with Crippen molar-refractivity contribution in [2.45, 2.75) is 84.2 Å². The number of ether oxygens (including phenoxy) is 1. The van der Waals surface area contributed by atoms with Crippen LogP contribution in [0.3, 0.4) is 0 Å². The van der Waals surface area contributed by atoms with Crippen LogP contribution in [0.15, 0.2) is 59.3 Å². The molecular weight excluding hydrogens is 364 g/mol. The Hall–Kier alpha value is -1.75. The maximum absolute atomic E-state index is 10.8. The number of aliphatic hydroxyl groups excluding tert-OH is 2. The van der Waals surface area contributed by atoms with E-state index in [0.717, 1.165) is 17.4 Å². The number of epoxide rings is 1. The topological polar surface area (TPSA) is 70.1 Å². The van der Waals surface area contributed by atoms with Crippen molar-refractivity contribution in [3.63, 3.8) is 0 Å². The highest BCUT2D eigenvalue weighted by Gasteiger charge is 2.75. The van der Waals surface area contributed by atoms with Crippen LogP contribution in [0.5, 0.6) is 0 Å². The Kier molecular flexibility index (Phi) is 7.26. The number of hydrogen-bond acceptors (Lipinski definition) is 4. The van der Waals surface area contributed by atoms with Gasteiger partial charge in [-0.25, -0.2) is 0 Å². The van der Waals surface area contributed by atoms with Crippen molar-refractivity contribution in [2.24, 2.45) is 5.41 Å². The molecule has 1 heterocycles. The number of aliphatic hydroxyl groups is 2. The molecule has 160 valence electrons. The lowest BCUT2D eigenvalue weighted by molar-refractivity contribution is -0.104. The summed E-state index contributed by atoms with van der Waals surface area (Å²) in [4.78, 5) is 10.5. The molecule has 0 amide bonds. The molecule has 1 saturated heterocycles. The van der Waals surface area contributed by atoms with Gasteiger partial charge in [-0.15, -0.1) is 0 Å². The zero-order chi connectivity index (χ0) is 21.9. The molecule has 0 bridgehead atoms. The van der Waals surface area contributed by atoms with Crippen molar-refractivity contribution in [3.8, 4) is 0 Å². The molecule has 2 N–H and O–H groups in total. The highest BCUT2D eigenvalue weighted by atomic mass is 16.6. The third-order valence-electron chi connectivity index (χ3n) is 6.42.